The molecular formula is C18H21FN2. The zero-order valence-electron chi connectivity index (χ0n) is 12.4. The second kappa shape index (κ2) is 6.17. The van der Waals surface area contributed by atoms with Crippen LogP contribution in [0.2, 0.25) is 0 Å². The third kappa shape index (κ3) is 3.18. The molecular weight excluding hydrogens is 263 g/mol. The van der Waals surface area contributed by atoms with Crippen LogP contribution >= 0.6 is 0 Å². The number of hydrogen-bond acceptors (Lipinski definition) is 2. The largest absolute Gasteiger partial charge is 0.368 e. The van der Waals surface area contributed by atoms with Crippen molar-refractivity contribution in [2.45, 2.75) is 13.3 Å². The van der Waals surface area contributed by atoms with E-state index >= 15 is 0 Å². The van der Waals surface area contributed by atoms with Crippen LogP contribution in [-0.2, 0) is 6.42 Å². The van der Waals surface area contributed by atoms with Crippen LogP contribution in [0.3, 0.4) is 0 Å². The van der Waals surface area contributed by atoms with Crippen molar-refractivity contribution in [1.29, 1.82) is 0 Å². The number of rotatable bonds is 3. The number of halogens is 1. The molecule has 2 aromatic carbocycles. The molecule has 3 heteroatoms. The number of hydrogen-bond donors (Lipinski definition) is 0. The van der Waals surface area contributed by atoms with Crippen LogP contribution in [0.1, 0.15) is 12.5 Å². The lowest BCUT2D eigenvalue weighted by atomic mass is 10.1. The number of piperazine rings is 1. The summed E-state index contributed by atoms with van der Waals surface area (Å²) in [6.45, 7) is 6.13. The molecule has 1 fully saturated rings. The lowest BCUT2D eigenvalue weighted by Gasteiger charge is -2.37. The first-order valence-corrected chi connectivity index (χ1v) is 7.60. The van der Waals surface area contributed by atoms with Crippen molar-refractivity contribution in [3.05, 3.63) is 59.9 Å². The summed E-state index contributed by atoms with van der Waals surface area (Å²) in [6, 6.07) is 15.6. The first kappa shape index (κ1) is 13.9. The predicted octanol–water partition coefficient (Wildman–Crippen LogP) is 3.71. The molecule has 2 nitrogen and oxygen atoms in total. The van der Waals surface area contributed by atoms with Crippen molar-refractivity contribution in [2.24, 2.45) is 0 Å². The van der Waals surface area contributed by atoms with Gasteiger partial charge in [-0.15, -0.1) is 0 Å². The molecule has 110 valence electrons. The first-order valence-electron chi connectivity index (χ1n) is 7.60. The molecule has 0 atom stereocenters. The smallest absolute Gasteiger partial charge is 0.123 e. The second-order valence-corrected chi connectivity index (χ2v) is 5.47. The summed E-state index contributed by atoms with van der Waals surface area (Å²) in [5, 5.41) is 0. The van der Waals surface area contributed by atoms with Gasteiger partial charge in [0.2, 0.25) is 0 Å². The highest BCUT2D eigenvalue weighted by atomic mass is 19.1. The zero-order valence-corrected chi connectivity index (χ0v) is 12.4. The van der Waals surface area contributed by atoms with Crippen LogP contribution in [-0.4, -0.2) is 26.2 Å². The summed E-state index contributed by atoms with van der Waals surface area (Å²) < 4.78 is 13.0. The fourth-order valence-corrected chi connectivity index (χ4v) is 2.82. The minimum absolute atomic E-state index is 0.173. The van der Waals surface area contributed by atoms with Gasteiger partial charge in [0, 0.05) is 37.6 Å². The van der Waals surface area contributed by atoms with E-state index in [1.807, 2.05) is 12.1 Å². The van der Waals surface area contributed by atoms with Crippen molar-refractivity contribution >= 4 is 11.4 Å². The van der Waals surface area contributed by atoms with E-state index < -0.39 is 0 Å². The van der Waals surface area contributed by atoms with Crippen molar-refractivity contribution in [1.82, 2.24) is 0 Å². The van der Waals surface area contributed by atoms with Crippen LogP contribution in [0.15, 0.2) is 48.5 Å². The van der Waals surface area contributed by atoms with Crippen molar-refractivity contribution in [3.63, 3.8) is 0 Å². The fraction of sp³-hybridized carbons (Fsp3) is 0.333. The molecule has 0 aliphatic carbocycles. The van der Waals surface area contributed by atoms with Crippen LogP contribution in [0.5, 0.6) is 0 Å². The van der Waals surface area contributed by atoms with Crippen LogP contribution in [0, 0.1) is 5.82 Å². The Bertz CT molecular complexity index is 569. The summed E-state index contributed by atoms with van der Waals surface area (Å²) >= 11 is 0. The molecule has 21 heavy (non-hydrogen) atoms. The molecule has 0 aromatic heterocycles. The predicted molar refractivity (Wildman–Crippen MR) is 86.6 cm³/mol. The number of nitrogens with zero attached hydrogens (tertiary/aromatic N) is 2. The van der Waals surface area contributed by atoms with Gasteiger partial charge >= 0.3 is 0 Å². The second-order valence-electron chi connectivity index (χ2n) is 5.47. The highest BCUT2D eigenvalue weighted by Crippen LogP contribution is 2.21. The average Bonchev–Trinajstić information content (AvgIpc) is 2.56. The van der Waals surface area contributed by atoms with E-state index in [4.69, 9.17) is 0 Å². The van der Waals surface area contributed by atoms with E-state index in [-0.39, 0.29) is 5.82 Å². The molecule has 1 saturated heterocycles. The highest BCUT2D eigenvalue weighted by Gasteiger charge is 2.17. The lowest BCUT2D eigenvalue weighted by Crippen LogP contribution is -2.46. The van der Waals surface area contributed by atoms with Gasteiger partial charge in [0.25, 0.3) is 0 Å². The third-order valence-corrected chi connectivity index (χ3v) is 4.18. The molecule has 0 saturated carbocycles. The third-order valence-electron chi connectivity index (χ3n) is 4.18. The van der Waals surface area contributed by atoms with Crippen LogP contribution in [0.4, 0.5) is 15.8 Å². The molecule has 1 aliphatic heterocycles. The average molecular weight is 284 g/mol. The Balaban J connectivity index is 1.62. The summed E-state index contributed by atoms with van der Waals surface area (Å²) in [7, 11) is 0. The molecule has 2 aromatic rings. The van der Waals surface area contributed by atoms with E-state index in [1.165, 1.54) is 23.4 Å². The maximum Gasteiger partial charge on any atom is 0.123 e. The maximum absolute atomic E-state index is 13.0. The minimum Gasteiger partial charge on any atom is -0.368 e. The summed E-state index contributed by atoms with van der Waals surface area (Å²) in [5.41, 5.74) is 3.78. The Morgan fingerprint density at radius 3 is 1.62 bits per heavy atom. The van der Waals surface area contributed by atoms with E-state index in [1.54, 1.807) is 0 Å². The summed E-state index contributed by atoms with van der Waals surface area (Å²) in [6.07, 6.45) is 1.08. The van der Waals surface area contributed by atoms with Gasteiger partial charge in [0.05, 0.1) is 0 Å². The molecule has 0 radical (unpaired) electrons. The van der Waals surface area contributed by atoms with Gasteiger partial charge in [-0.05, 0) is 48.4 Å². The molecule has 0 N–H and O–H groups in total. The van der Waals surface area contributed by atoms with Gasteiger partial charge in [-0.3, -0.25) is 0 Å². The van der Waals surface area contributed by atoms with E-state index in [0.29, 0.717) is 0 Å². The van der Waals surface area contributed by atoms with Gasteiger partial charge in [-0.25, -0.2) is 4.39 Å². The van der Waals surface area contributed by atoms with Crippen molar-refractivity contribution in [3.8, 4) is 0 Å². The molecule has 0 spiro atoms. The molecule has 1 aliphatic rings. The molecule has 0 bridgehead atoms. The summed E-state index contributed by atoms with van der Waals surface area (Å²) in [5.74, 6) is -0.173. The minimum atomic E-state index is -0.173. The standard InChI is InChI=1S/C18H21FN2/c1-2-15-3-7-17(8-4-15)20-11-13-21(14-12-20)18-9-5-16(19)6-10-18/h3-10H,2,11-14H2,1H3. The Morgan fingerprint density at radius 1 is 0.762 bits per heavy atom. The van der Waals surface area contributed by atoms with Crippen LogP contribution < -0.4 is 9.80 Å². The Hall–Kier alpha value is -2.03. The maximum atomic E-state index is 13.0. The Kier molecular flexibility index (Phi) is 4.09. The van der Waals surface area contributed by atoms with E-state index in [2.05, 4.69) is 41.0 Å². The molecule has 3 rings (SSSR count). The Labute approximate surface area is 125 Å². The highest BCUT2D eigenvalue weighted by molar-refractivity contribution is 5.52. The first-order chi connectivity index (χ1) is 10.3. The van der Waals surface area contributed by atoms with E-state index in [0.717, 1.165) is 38.3 Å². The quantitative estimate of drug-likeness (QED) is 0.847. The lowest BCUT2D eigenvalue weighted by molar-refractivity contribution is 0.625. The van der Waals surface area contributed by atoms with Gasteiger partial charge in [0.15, 0.2) is 0 Å². The summed E-state index contributed by atoms with van der Waals surface area (Å²) in [4.78, 5) is 4.73. The van der Waals surface area contributed by atoms with Gasteiger partial charge in [-0.2, -0.15) is 0 Å². The van der Waals surface area contributed by atoms with Gasteiger partial charge < -0.3 is 9.80 Å². The Morgan fingerprint density at radius 2 is 1.19 bits per heavy atom. The molecule has 1 heterocycles. The van der Waals surface area contributed by atoms with E-state index in [9.17, 15) is 4.39 Å². The number of benzene rings is 2. The number of aryl methyl sites for hydroxylation is 1. The van der Waals surface area contributed by atoms with Crippen LogP contribution in [0.25, 0.3) is 0 Å². The monoisotopic (exact) mass is 284 g/mol. The van der Waals surface area contributed by atoms with Gasteiger partial charge in [0.1, 0.15) is 5.82 Å². The van der Waals surface area contributed by atoms with Crippen molar-refractivity contribution < 1.29 is 4.39 Å². The van der Waals surface area contributed by atoms with Crippen molar-refractivity contribution in [2.75, 3.05) is 36.0 Å². The topological polar surface area (TPSA) is 6.48 Å². The zero-order chi connectivity index (χ0) is 14.7. The fourth-order valence-electron chi connectivity index (χ4n) is 2.82. The molecule has 0 amide bonds. The van der Waals surface area contributed by atoms with Gasteiger partial charge in [-0.1, -0.05) is 19.1 Å². The normalized spacial score (nSPS) is 15.3. The SMILES string of the molecule is CCc1ccc(N2CCN(c3ccc(F)cc3)CC2)cc1. The molecule has 0 unspecified atom stereocenters. The number of anilines is 2.